The number of unbranched alkanes of at least 4 members (excludes halogenated alkanes) is 1. The molecule has 0 saturated carbocycles. The number of pyridine rings is 1. The highest BCUT2D eigenvalue weighted by Gasteiger charge is 2.37. The van der Waals surface area contributed by atoms with Crippen molar-refractivity contribution in [1.29, 1.82) is 0 Å². The SMILES string of the molecule is O=C1C(=Cc2cccc(-c3cc(C(F)(F)F)cc(C(F)(F)F)c3)n2)SC(=S)N1CCCCc1nn[nH]n1. The molecule has 1 N–H and O–H groups in total. The monoisotopic (exact) mass is 558 g/mol. The van der Waals surface area contributed by atoms with Crippen LogP contribution in [0.5, 0.6) is 0 Å². The van der Waals surface area contributed by atoms with Gasteiger partial charge in [-0.15, -0.1) is 10.2 Å². The van der Waals surface area contributed by atoms with Crippen molar-refractivity contribution < 1.29 is 31.1 Å². The Hall–Kier alpha value is -3.33. The van der Waals surface area contributed by atoms with Crippen molar-refractivity contribution in [2.75, 3.05) is 6.54 Å². The number of amides is 1. The van der Waals surface area contributed by atoms with E-state index >= 15 is 0 Å². The van der Waals surface area contributed by atoms with Crippen molar-refractivity contribution in [2.24, 2.45) is 0 Å². The molecule has 3 aromatic rings. The van der Waals surface area contributed by atoms with Gasteiger partial charge < -0.3 is 0 Å². The summed E-state index contributed by atoms with van der Waals surface area (Å²) in [5.41, 5.74) is -3.16. The highest BCUT2D eigenvalue weighted by Crippen LogP contribution is 2.38. The average molecular weight is 559 g/mol. The van der Waals surface area contributed by atoms with Crippen LogP contribution in [0.2, 0.25) is 0 Å². The minimum absolute atomic E-state index is 0.0565. The maximum Gasteiger partial charge on any atom is 0.416 e. The van der Waals surface area contributed by atoms with Crippen LogP contribution in [0, 0.1) is 0 Å². The maximum absolute atomic E-state index is 13.2. The molecule has 0 atom stereocenters. The first-order chi connectivity index (χ1) is 17.4. The third-order valence-electron chi connectivity index (χ3n) is 5.23. The van der Waals surface area contributed by atoms with Crippen LogP contribution in [-0.2, 0) is 23.6 Å². The van der Waals surface area contributed by atoms with E-state index in [1.807, 2.05) is 0 Å². The number of aromatic nitrogens is 5. The van der Waals surface area contributed by atoms with E-state index < -0.39 is 23.5 Å². The number of carbonyl (C=O) groups excluding carboxylic acids is 1. The summed E-state index contributed by atoms with van der Waals surface area (Å²) in [4.78, 5) is 18.7. The largest absolute Gasteiger partial charge is 0.416 e. The van der Waals surface area contributed by atoms with Crippen LogP contribution in [-0.4, -0.2) is 47.3 Å². The Morgan fingerprint density at radius 1 is 1.03 bits per heavy atom. The van der Waals surface area contributed by atoms with Gasteiger partial charge in [-0.3, -0.25) is 9.69 Å². The number of hydrogen-bond donors (Lipinski definition) is 1. The molecule has 0 radical (unpaired) electrons. The van der Waals surface area contributed by atoms with Crippen molar-refractivity contribution in [3.8, 4) is 11.3 Å². The minimum Gasteiger partial charge on any atom is -0.293 e. The topological polar surface area (TPSA) is 87.7 Å². The first-order valence-corrected chi connectivity index (χ1v) is 11.9. The predicted octanol–water partition coefficient (Wildman–Crippen LogP) is 5.52. The summed E-state index contributed by atoms with van der Waals surface area (Å²) in [5.74, 6) is 0.194. The van der Waals surface area contributed by atoms with Crippen molar-refractivity contribution in [2.45, 2.75) is 31.6 Å². The van der Waals surface area contributed by atoms with Gasteiger partial charge in [0.1, 0.15) is 4.32 Å². The average Bonchev–Trinajstić information content (AvgIpc) is 3.44. The number of nitrogens with zero attached hydrogens (tertiary/aromatic N) is 5. The van der Waals surface area contributed by atoms with Crippen LogP contribution in [0.4, 0.5) is 26.3 Å². The van der Waals surface area contributed by atoms with Crippen LogP contribution in [0.3, 0.4) is 0 Å². The number of benzene rings is 1. The van der Waals surface area contributed by atoms with Crippen LogP contribution < -0.4 is 0 Å². The van der Waals surface area contributed by atoms with Crippen LogP contribution in [0.25, 0.3) is 17.3 Å². The van der Waals surface area contributed by atoms with E-state index in [1.54, 1.807) is 0 Å². The lowest BCUT2D eigenvalue weighted by Gasteiger charge is -2.14. The van der Waals surface area contributed by atoms with E-state index in [9.17, 15) is 31.1 Å². The molecule has 0 aliphatic carbocycles. The van der Waals surface area contributed by atoms with E-state index in [1.165, 1.54) is 29.2 Å². The number of thioether (sulfide) groups is 1. The third-order valence-corrected chi connectivity index (χ3v) is 6.61. The smallest absolute Gasteiger partial charge is 0.293 e. The molecule has 3 heterocycles. The Balaban J connectivity index is 1.53. The summed E-state index contributed by atoms with van der Waals surface area (Å²) >= 11 is 6.33. The Labute approximate surface area is 215 Å². The lowest BCUT2D eigenvalue weighted by molar-refractivity contribution is -0.143. The molecular formula is C22H16F6N6OS2. The summed E-state index contributed by atoms with van der Waals surface area (Å²) < 4.78 is 79.7. The number of aryl methyl sites for hydroxylation is 1. The normalized spacial score (nSPS) is 15.7. The Bertz CT molecular complexity index is 1310. The number of rotatable bonds is 7. The van der Waals surface area contributed by atoms with Crippen molar-refractivity contribution in [3.63, 3.8) is 0 Å². The second-order valence-corrected chi connectivity index (χ2v) is 9.54. The summed E-state index contributed by atoms with van der Waals surface area (Å²) in [6.07, 6.45) is -6.67. The molecule has 4 rings (SSSR count). The van der Waals surface area contributed by atoms with Gasteiger partial charge in [-0.05, 0) is 49.2 Å². The van der Waals surface area contributed by atoms with E-state index in [0.717, 1.165) is 11.8 Å². The predicted molar refractivity (Wildman–Crippen MR) is 127 cm³/mol. The van der Waals surface area contributed by atoms with Crippen molar-refractivity contribution in [3.05, 3.63) is 63.9 Å². The molecule has 15 heteroatoms. The van der Waals surface area contributed by atoms with Crippen molar-refractivity contribution >= 4 is 40.3 Å². The fraction of sp³-hybridized carbons (Fsp3) is 0.273. The fourth-order valence-corrected chi connectivity index (χ4v) is 4.76. The van der Waals surface area contributed by atoms with Crippen LogP contribution in [0.1, 0.15) is 35.5 Å². The summed E-state index contributed by atoms with van der Waals surface area (Å²) in [5, 5.41) is 13.5. The lowest BCUT2D eigenvalue weighted by Crippen LogP contribution is -2.29. The number of halogens is 6. The second-order valence-electron chi connectivity index (χ2n) is 7.86. The molecular weight excluding hydrogens is 542 g/mol. The van der Waals surface area contributed by atoms with Crippen molar-refractivity contribution in [1.82, 2.24) is 30.5 Å². The van der Waals surface area contributed by atoms with E-state index in [0.29, 0.717) is 48.1 Å². The second kappa shape index (κ2) is 10.6. The zero-order valence-electron chi connectivity index (χ0n) is 18.6. The molecule has 1 aromatic carbocycles. The van der Waals surface area contributed by atoms with E-state index in [-0.39, 0.29) is 33.8 Å². The zero-order valence-corrected chi connectivity index (χ0v) is 20.2. The number of tetrazole rings is 1. The molecule has 1 fully saturated rings. The molecule has 37 heavy (non-hydrogen) atoms. The van der Waals surface area contributed by atoms with E-state index in [2.05, 4.69) is 25.6 Å². The van der Waals surface area contributed by atoms with Gasteiger partial charge in [0.05, 0.1) is 27.4 Å². The zero-order chi connectivity index (χ0) is 26.8. The number of H-pyrrole nitrogens is 1. The minimum atomic E-state index is -4.98. The van der Waals surface area contributed by atoms with Gasteiger partial charge in [0, 0.05) is 18.5 Å². The quantitative estimate of drug-likeness (QED) is 0.177. The number of carbonyl (C=O) groups is 1. The number of alkyl halides is 6. The fourth-order valence-electron chi connectivity index (χ4n) is 3.46. The molecule has 194 valence electrons. The van der Waals surface area contributed by atoms with Gasteiger partial charge in [0.15, 0.2) is 5.82 Å². The Kier molecular flexibility index (Phi) is 7.64. The summed E-state index contributed by atoms with van der Waals surface area (Å²) in [6.45, 7) is 0.359. The third kappa shape index (κ3) is 6.52. The maximum atomic E-state index is 13.2. The van der Waals surface area contributed by atoms with Gasteiger partial charge in [-0.1, -0.05) is 35.3 Å². The van der Waals surface area contributed by atoms with Gasteiger partial charge in [0.25, 0.3) is 5.91 Å². The molecule has 1 saturated heterocycles. The molecule has 2 aromatic heterocycles. The number of nitrogens with one attached hydrogen (secondary N) is 1. The van der Waals surface area contributed by atoms with Crippen LogP contribution in [0.15, 0.2) is 41.3 Å². The Morgan fingerprint density at radius 3 is 2.35 bits per heavy atom. The highest BCUT2D eigenvalue weighted by molar-refractivity contribution is 8.26. The number of hydrogen-bond acceptors (Lipinski definition) is 7. The molecule has 0 bridgehead atoms. The molecule has 1 amide bonds. The molecule has 0 spiro atoms. The molecule has 1 aliphatic rings. The number of thiocarbonyl (C=S) groups is 1. The standard InChI is InChI=1S/C22H16F6N6OS2/c23-21(24,25)13-8-12(9-14(10-13)22(26,27)28)16-5-3-4-15(29-16)11-17-19(35)34(20(36)37-17)7-2-1-6-18-30-32-33-31-18/h3-5,8-11H,1-2,6-7H2,(H,30,31,32,33). The van der Waals surface area contributed by atoms with Gasteiger partial charge in [0.2, 0.25) is 0 Å². The molecule has 0 unspecified atom stereocenters. The first-order valence-electron chi connectivity index (χ1n) is 10.7. The van der Waals surface area contributed by atoms with Crippen LogP contribution >= 0.6 is 24.0 Å². The number of aromatic amines is 1. The van der Waals surface area contributed by atoms with Gasteiger partial charge in [-0.2, -0.15) is 31.6 Å². The Morgan fingerprint density at radius 2 is 1.73 bits per heavy atom. The van der Waals surface area contributed by atoms with E-state index in [4.69, 9.17) is 12.2 Å². The molecule has 1 aliphatic heterocycles. The molecule has 7 nitrogen and oxygen atoms in total. The lowest BCUT2D eigenvalue weighted by atomic mass is 10.0. The summed E-state index contributed by atoms with van der Waals surface area (Å²) in [6, 6.07) is 5.48. The summed E-state index contributed by atoms with van der Waals surface area (Å²) in [7, 11) is 0. The van der Waals surface area contributed by atoms with Gasteiger partial charge >= 0.3 is 12.4 Å². The highest BCUT2D eigenvalue weighted by atomic mass is 32.2. The van der Waals surface area contributed by atoms with Gasteiger partial charge in [-0.25, -0.2) is 4.98 Å². The first kappa shape index (κ1) is 26.7.